The number of guanidine groups is 1. The first-order valence-electron chi connectivity index (χ1n) is 9.65. The third-order valence-corrected chi connectivity index (χ3v) is 5.01. The summed E-state index contributed by atoms with van der Waals surface area (Å²) in [6.45, 7) is 12.5. The fourth-order valence-corrected chi connectivity index (χ4v) is 3.10. The number of piperazine rings is 1. The molecule has 7 heteroatoms. The molecule has 0 spiro atoms. The highest BCUT2D eigenvalue weighted by molar-refractivity contribution is 14.0. The standard InChI is InChI=1S/C20H35N5O.HI/c1-5-21-19(22-15-17(2)25-13-11-24(4)12-14-25)23-16-20(3,26)18-9-7-6-8-10-18;/h6-10,17,26H,5,11-16H2,1-4H3,(H2,21,22,23);1H. The van der Waals surface area contributed by atoms with Gasteiger partial charge in [-0.3, -0.25) is 4.90 Å². The van der Waals surface area contributed by atoms with Gasteiger partial charge in [0.2, 0.25) is 0 Å². The molecule has 1 aliphatic heterocycles. The summed E-state index contributed by atoms with van der Waals surface area (Å²) in [4.78, 5) is 9.49. The van der Waals surface area contributed by atoms with Crippen molar-refractivity contribution in [2.75, 3.05) is 52.9 Å². The maximum atomic E-state index is 10.7. The van der Waals surface area contributed by atoms with Crippen LogP contribution in [-0.2, 0) is 5.60 Å². The Morgan fingerprint density at radius 2 is 1.81 bits per heavy atom. The SMILES string of the molecule is CCNC(=NCC(C)(O)c1ccccc1)NCC(C)N1CCN(C)CC1.I. The van der Waals surface area contributed by atoms with E-state index in [2.05, 4.69) is 46.3 Å². The van der Waals surface area contributed by atoms with Gasteiger partial charge in [-0.25, -0.2) is 4.99 Å². The van der Waals surface area contributed by atoms with Crippen LogP contribution in [0.4, 0.5) is 0 Å². The molecular formula is C20H36IN5O. The zero-order valence-corrected chi connectivity index (χ0v) is 19.4. The number of aliphatic hydroxyl groups is 1. The predicted octanol–water partition coefficient (Wildman–Crippen LogP) is 1.70. The molecule has 0 bridgehead atoms. The average Bonchev–Trinajstić information content (AvgIpc) is 2.65. The molecule has 1 aromatic rings. The topological polar surface area (TPSA) is 63.1 Å². The summed E-state index contributed by atoms with van der Waals surface area (Å²) in [5.41, 5.74) is -0.0995. The van der Waals surface area contributed by atoms with Gasteiger partial charge in [0.25, 0.3) is 0 Å². The molecule has 1 saturated heterocycles. The Labute approximate surface area is 181 Å². The molecule has 1 aliphatic rings. The van der Waals surface area contributed by atoms with Crippen LogP contribution in [0.5, 0.6) is 0 Å². The highest BCUT2D eigenvalue weighted by atomic mass is 127. The van der Waals surface area contributed by atoms with E-state index in [-0.39, 0.29) is 24.0 Å². The molecule has 27 heavy (non-hydrogen) atoms. The van der Waals surface area contributed by atoms with Gasteiger partial charge in [0.1, 0.15) is 5.60 Å². The Morgan fingerprint density at radius 1 is 1.19 bits per heavy atom. The van der Waals surface area contributed by atoms with E-state index in [1.807, 2.05) is 37.3 Å². The number of benzene rings is 1. The van der Waals surface area contributed by atoms with E-state index >= 15 is 0 Å². The molecule has 3 N–H and O–H groups in total. The summed E-state index contributed by atoms with van der Waals surface area (Å²) >= 11 is 0. The van der Waals surface area contributed by atoms with Crippen LogP contribution in [0.2, 0.25) is 0 Å². The molecule has 154 valence electrons. The van der Waals surface area contributed by atoms with Crippen molar-refractivity contribution in [1.29, 1.82) is 0 Å². The number of hydrogen-bond donors (Lipinski definition) is 3. The number of nitrogens with one attached hydrogen (secondary N) is 2. The minimum absolute atomic E-state index is 0. The maximum Gasteiger partial charge on any atom is 0.191 e. The predicted molar refractivity (Wildman–Crippen MR) is 124 cm³/mol. The van der Waals surface area contributed by atoms with Gasteiger partial charge in [0.15, 0.2) is 5.96 Å². The van der Waals surface area contributed by atoms with Crippen LogP contribution in [0.1, 0.15) is 26.3 Å². The minimum atomic E-state index is -0.979. The lowest BCUT2D eigenvalue weighted by atomic mass is 9.96. The quantitative estimate of drug-likeness (QED) is 0.309. The third-order valence-electron chi connectivity index (χ3n) is 5.01. The van der Waals surface area contributed by atoms with Gasteiger partial charge in [-0.2, -0.15) is 0 Å². The number of nitrogens with zero attached hydrogens (tertiary/aromatic N) is 3. The van der Waals surface area contributed by atoms with Crippen LogP contribution in [0.25, 0.3) is 0 Å². The summed E-state index contributed by atoms with van der Waals surface area (Å²) in [5.74, 6) is 0.754. The molecule has 6 nitrogen and oxygen atoms in total. The Balaban J connectivity index is 0.00000364. The van der Waals surface area contributed by atoms with Crippen molar-refractivity contribution in [2.24, 2.45) is 4.99 Å². The summed E-state index contributed by atoms with van der Waals surface area (Å²) < 4.78 is 0. The van der Waals surface area contributed by atoms with E-state index in [0.717, 1.165) is 50.8 Å². The van der Waals surface area contributed by atoms with Gasteiger partial charge in [-0.1, -0.05) is 30.3 Å². The van der Waals surface area contributed by atoms with Gasteiger partial charge < -0.3 is 20.6 Å². The van der Waals surface area contributed by atoms with E-state index in [1.54, 1.807) is 0 Å². The van der Waals surface area contributed by atoms with Crippen molar-refractivity contribution >= 4 is 29.9 Å². The maximum absolute atomic E-state index is 10.7. The fraction of sp³-hybridized carbons (Fsp3) is 0.650. The van der Waals surface area contributed by atoms with E-state index in [4.69, 9.17) is 0 Å². The van der Waals surface area contributed by atoms with Crippen LogP contribution >= 0.6 is 24.0 Å². The summed E-state index contributed by atoms with van der Waals surface area (Å²) in [7, 11) is 2.18. The average molecular weight is 489 g/mol. The number of likely N-dealkylation sites (N-methyl/N-ethyl adjacent to an activating group) is 1. The Bertz CT molecular complexity index is 559. The lowest BCUT2D eigenvalue weighted by Gasteiger charge is -2.36. The molecule has 0 aromatic heterocycles. The van der Waals surface area contributed by atoms with Gasteiger partial charge in [0.05, 0.1) is 6.54 Å². The molecule has 0 radical (unpaired) electrons. The zero-order chi connectivity index (χ0) is 19.0. The van der Waals surface area contributed by atoms with Gasteiger partial charge >= 0.3 is 0 Å². The Kier molecular flexibility index (Phi) is 10.6. The van der Waals surface area contributed by atoms with Crippen molar-refractivity contribution in [3.05, 3.63) is 35.9 Å². The van der Waals surface area contributed by atoms with Gasteiger partial charge in [-0.15, -0.1) is 24.0 Å². The van der Waals surface area contributed by atoms with Gasteiger partial charge in [-0.05, 0) is 33.4 Å². The van der Waals surface area contributed by atoms with Crippen molar-refractivity contribution in [1.82, 2.24) is 20.4 Å². The van der Waals surface area contributed by atoms with E-state index < -0.39 is 5.60 Å². The van der Waals surface area contributed by atoms with Gasteiger partial charge in [0, 0.05) is 45.3 Å². The van der Waals surface area contributed by atoms with Crippen LogP contribution in [0.3, 0.4) is 0 Å². The zero-order valence-electron chi connectivity index (χ0n) is 17.1. The number of hydrogen-bond acceptors (Lipinski definition) is 4. The number of halogens is 1. The highest BCUT2D eigenvalue weighted by Gasteiger charge is 2.23. The van der Waals surface area contributed by atoms with Crippen LogP contribution in [-0.4, -0.2) is 79.8 Å². The Hall–Kier alpha value is -0.900. The molecule has 2 rings (SSSR count). The first kappa shape index (κ1) is 24.1. The number of rotatable bonds is 7. The highest BCUT2D eigenvalue weighted by Crippen LogP contribution is 2.20. The molecular weight excluding hydrogens is 453 g/mol. The van der Waals surface area contributed by atoms with Crippen molar-refractivity contribution in [3.63, 3.8) is 0 Å². The third kappa shape index (κ3) is 7.93. The largest absolute Gasteiger partial charge is 0.384 e. The summed E-state index contributed by atoms with van der Waals surface area (Å²) in [5, 5.41) is 17.4. The lowest BCUT2D eigenvalue weighted by molar-refractivity contribution is 0.0672. The first-order valence-corrected chi connectivity index (χ1v) is 9.65. The summed E-state index contributed by atoms with van der Waals surface area (Å²) in [6.07, 6.45) is 0. The molecule has 0 amide bonds. The molecule has 0 saturated carbocycles. The second kappa shape index (κ2) is 11.8. The number of aliphatic imine (C=N–C) groups is 1. The second-order valence-corrected chi connectivity index (χ2v) is 7.40. The molecule has 0 aliphatic carbocycles. The summed E-state index contributed by atoms with van der Waals surface area (Å²) in [6, 6.07) is 10.1. The molecule has 2 unspecified atom stereocenters. The van der Waals surface area contributed by atoms with E-state index in [9.17, 15) is 5.11 Å². The normalized spacial score (nSPS) is 19.7. The van der Waals surface area contributed by atoms with Crippen molar-refractivity contribution in [2.45, 2.75) is 32.4 Å². The first-order chi connectivity index (χ1) is 12.4. The smallest absolute Gasteiger partial charge is 0.191 e. The van der Waals surface area contributed by atoms with Crippen molar-refractivity contribution < 1.29 is 5.11 Å². The molecule has 1 fully saturated rings. The van der Waals surface area contributed by atoms with Crippen molar-refractivity contribution in [3.8, 4) is 0 Å². The Morgan fingerprint density at radius 3 is 2.41 bits per heavy atom. The van der Waals surface area contributed by atoms with E-state index in [0.29, 0.717) is 12.6 Å². The van der Waals surface area contributed by atoms with E-state index in [1.165, 1.54) is 0 Å². The molecule has 1 heterocycles. The fourth-order valence-electron chi connectivity index (χ4n) is 3.10. The minimum Gasteiger partial charge on any atom is -0.384 e. The van der Waals surface area contributed by atoms with Crippen LogP contribution in [0, 0.1) is 0 Å². The van der Waals surface area contributed by atoms with Crippen LogP contribution in [0.15, 0.2) is 35.3 Å². The monoisotopic (exact) mass is 489 g/mol. The lowest BCUT2D eigenvalue weighted by Crippen LogP contribution is -2.52. The van der Waals surface area contributed by atoms with Crippen LogP contribution < -0.4 is 10.6 Å². The molecule has 1 aromatic carbocycles. The molecule has 2 atom stereocenters. The second-order valence-electron chi connectivity index (χ2n) is 7.40.